The number of rotatable bonds is 7. The molecular formula is C23H36O4. The van der Waals surface area contributed by atoms with E-state index in [9.17, 15) is 9.59 Å². The second-order valence-corrected chi connectivity index (χ2v) is 8.96. The molecule has 1 rings (SSSR count). The molecule has 0 saturated carbocycles. The fraction of sp³-hybridized carbons (Fsp3) is 0.652. The highest BCUT2D eigenvalue weighted by Crippen LogP contribution is 2.33. The van der Waals surface area contributed by atoms with Gasteiger partial charge in [0.05, 0.1) is 12.3 Å². The lowest BCUT2D eigenvalue weighted by Gasteiger charge is -2.30. The molecule has 0 saturated heterocycles. The predicted octanol–water partition coefficient (Wildman–Crippen LogP) is 5.34. The second kappa shape index (κ2) is 9.38. The first kappa shape index (κ1) is 23.2. The fourth-order valence-corrected chi connectivity index (χ4v) is 3.36. The van der Waals surface area contributed by atoms with Gasteiger partial charge in [0.1, 0.15) is 11.7 Å². The molecule has 0 bridgehead atoms. The van der Waals surface area contributed by atoms with Crippen molar-refractivity contribution in [1.82, 2.24) is 0 Å². The van der Waals surface area contributed by atoms with E-state index in [1.54, 1.807) is 6.92 Å². The summed E-state index contributed by atoms with van der Waals surface area (Å²) < 4.78 is 11.1. The van der Waals surface area contributed by atoms with Crippen LogP contribution in [0.4, 0.5) is 0 Å². The van der Waals surface area contributed by atoms with E-state index in [0.29, 0.717) is 5.92 Å². The van der Waals surface area contributed by atoms with Crippen molar-refractivity contribution in [3.63, 3.8) is 0 Å². The van der Waals surface area contributed by atoms with Gasteiger partial charge in [0.2, 0.25) is 0 Å². The zero-order valence-electron chi connectivity index (χ0n) is 18.4. The summed E-state index contributed by atoms with van der Waals surface area (Å²) in [4.78, 5) is 24.5. The number of hydrogen-bond acceptors (Lipinski definition) is 4. The van der Waals surface area contributed by atoms with Crippen molar-refractivity contribution in [1.29, 1.82) is 0 Å². The van der Waals surface area contributed by atoms with E-state index in [0.717, 1.165) is 0 Å². The van der Waals surface area contributed by atoms with Crippen molar-refractivity contribution >= 4 is 11.9 Å². The number of ether oxygens (including phenoxy) is 2. The van der Waals surface area contributed by atoms with Gasteiger partial charge in [-0.3, -0.25) is 9.59 Å². The summed E-state index contributed by atoms with van der Waals surface area (Å²) in [6.07, 6.45) is -0.252. The maximum Gasteiger partial charge on any atom is 0.309 e. The van der Waals surface area contributed by atoms with Crippen LogP contribution in [0.15, 0.2) is 18.2 Å². The van der Waals surface area contributed by atoms with E-state index in [2.05, 4.69) is 45.9 Å². The van der Waals surface area contributed by atoms with Gasteiger partial charge >= 0.3 is 11.9 Å². The Labute approximate surface area is 164 Å². The number of esters is 2. The van der Waals surface area contributed by atoms with Gasteiger partial charge in [0.15, 0.2) is 0 Å². The van der Waals surface area contributed by atoms with Crippen molar-refractivity contribution in [2.45, 2.75) is 86.4 Å². The molecular weight excluding hydrogens is 340 g/mol. The molecule has 0 N–H and O–H groups in total. The topological polar surface area (TPSA) is 52.6 Å². The summed E-state index contributed by atoms with van der Waals surface area (Å²) in [5.74, 6) is -0.857. The summed E-state index contributed by atoms with van der Waals surface area (Å²) in [6.45, 7) is 17.5. The van der Waals surface area contributed by atoms with Crippen LogP contribution in [-0.4, -0.2) is 23.6 Å². The van der Waals surface area contributed by atoms with E-state index in [1.807, 2.05) is 27.7 Å². The molecule has 0 aliphatic rings. The maximum atomic E-state index is 12.5. The lowest BCUT2D eigenvalue weighted by Crippen LogP contribution is -2.31. The van der Waals surface area contributed by atoms with Crippen molar-refractivity contribution in [3.8, 4) is 0 Å². The average molecular weight is 377 g/mol. The summed E-state index contributed by atoms with van der Waals surface area (Å²) in [7, 11) is 0. The Morgan fingerprint density at radius 2 is 1.63 bits per heavy atom. The molecule has 0 radical (unpaired) electrons. The van der Waals surface area contributed by atoms with E-state index in [1.165, 1.54) is 16.7 Å². The third-order valence-corrected chi connectivity index (χ3v) is 4.62. The van der Waals surface area contributed by atoms with Crippen LogP contribution in [0.2, 0.25) is 0 Å². The minimum atomic E-state index is -0.556. The van der Waals surface area contributed by atoms with Crippen LogP contribution < -0.4 is 0 Å². The number of aryl methyl sites for hydroxylation is 2. The van der Waals surface area contributed by atoms with Crippen LogP contribution in [0.3, 0.4) is 0 Å². The molecule has 1 aromatic carbocycles. The molecule has 0 heterocycles. The molecule has 27 heavy (non-hydrogen) atoms. The van der Waals surface area contributed by atoms with Gasteiger partial charge in [0.25, 0.3) is 0 Å². The first-order valence-corrected chi connectivity index (χ1v) is 9.81. The summed E-state index contributed by atoms with van der Waals surface area (Å²) in [5, 5.41) is 0. The molecule has 0 aromatic heterocycles. The smallest absolute Gasteiger partial charge is 0.309 e. The van der Waals surface area contributed by atoms with E-state index >= 15 is 0 Å². The van der Waals surface area contributed by atoms with E-state index in [4.69, 9.17) is 9.47 Å². The number of carbonyl (C=O) groups excluding carboxylic acids is 2. The largest absolute Gasteiger partial charge is 0.462 e. The molecule has 1 aromatic rings. The number of hydrogen-bond donors (Lipinski definition) is 0. The van der Waals surface area contributed by atoms with Gasteiger partial charge in [-0.15, -0.1) is 0 Å². The predicted molar refractivity (Wildman–Crippen MR) is 109 cm³/mol. The fourth-order valence-electron chi connectivity index (χ4n) is 3.36. The van der Waals surface area contributed by atoms with Crippen molar-refractivity contribution in [3.05, 3.63) is 34.9 Å². The molecule has 0 fully saturated rings. The molecule has 0 amide bonds. The van der Waals surface area contributed by atoms with Gasteiger partial charge in [-0.25, -0.2) is 0 Å². The SMILES string of the molecule is Cc1ccc(C)c([C@H](C(C)C)[C@H](C)OC(=O)[C@H](C)CC(=O)OC(C)(C)C)c1. The minimum absolute atomic E-state index is 0.0264. The van der Waals surface area contributed by atoms with Gasteiger partial charge in [-0.1, -0.05) is 44.5 Å². The van der Waals surface area contributed by atoms with Crippen molar-refractivity contribution < 1.29 is 19.1 Å². The Hall–Kier alpha value is -1.84. The Morgan fingerprint density at radius 3 is 2.15 bits per heavy atom. The first-order chi connectivity index (χ1) is 12.3. The van der Waals surface area contributed by atoms with Gasteiger partial charge in [0, 0.05) is 5.92 Å². The molecule has 0 unspecified atom stereocenters. The third-order valence-electron chi connectivity index (χ3n) is 4.62. The zero-order chi connectivity index (χ0) is 20.9. The lowest BCUT2D eigenvalue weighted by atomic mass is 9.81. The van der Waals surface area contributed by atoms with Crippen LogP contribution in [0, 0.1) is 25.7 Å². The minimum Gasteiger partial charge on any atom is -0.462 e. The highest BCUT2D eigenvalue weighted by atomic mass is 16.6. The molecule has 152 valence electrons. The van der Waals surface area contributed by atoms with E-state index < -0.39 is 11.5 Å². The highest BCUT2D eigenvalue weighted by molar-refractivity contribution is 5.80. The third kappa shape index (κ3) is 7.36. The van der Waals surface area contributed by atoms with Gasteiger partial charge < -0.3 is 9.47 Å². The highest BCUT2D eigenvalue weighted by Gasteiger charge is 2.30. The van der Waals surface area contributed by atoms with Crippen LogP contribution in [0.5, 0.6) is 0 Å². The van der Waals surface area contributed by atoms with Gasteiger partial charge in [-0.05, 0) is 58.6 Å². The standard InChI is InChI=1S/C23H36O4/c1-14(2)21(19-12-15(3)10-11-16(19)4)18(6)26-22(25)17(5)13-20(24)27-23(7,8)9/h10-12,14,17-18,21H,13H2,1-9H3/t17-,18+,21-/m1/s1. The molecule has 0 aliphatic heterocycles. The second-order valence-electron chi connectivity index (χ2n) is 8.96. The number of carbonyl (C=O) groups is 2. The molecule has 4 heteroatoms. The summed E-state index contributed by atoms with van der Waals surface area (Å²) in [6, 6.07) is 6.38. The quantitative estimate of drug-likeness (QED) is 0.603. The number of benzene rings is 1. The average Bonchev–Trinajstić information content (AvgIpc) is 2.48. The van der Waals surface area contributed by atoms with Crippen LogP contribution in [-0.2, 0) is 19.1 Å². The van der Waals surface area contributed by atoms with Crippen LogP contribution >= 0.6 is 0 Å². The van der Waals surface area contributed by atoms with Crippen LogP contribution in [0.25, 0.3) is 0 Å². The lowest BCUT2D eigenvalue weighted by molar-refractivity contribution is -0.163. The Morgan fingerprint density at radius 1 is 1.04 bits per heavy atom. The molecule has 0 aliphatic carbocycles. The Bertz CT molecular complexity index is 655. The molecule has 4 nitrogen and oxygen atoms in total. The molecule has 0 spiro atoms. The van der Waals surface area contributed by atoms with Crippen LogP contribution in [0.1, 0.15) is 77.5 Å². The van der Waals surface area contributed by atoms with Crippen molar-refractivity contribution in [2.24, 2.45) is 11.8 Å². The monoisotopic (exact) mass is 376 g/mol. The normalized spacial score (nSPS) is 15.2. The Kier molecular flexibility index (Phi) is 8.06. The molecule has 3 atom stereocenters. The summed E-state index contributed by atoms with van der Waals surface area (Å²) in [5.41, 5.74) is 3.05. The van der Waals surface area contributed by atoms with E-state index in [-0.39, 0.29) is 30.4 Å². The van der Waals surface area contributed by atoms with Gasteiger partial charge in [-0.2, -0.15) is 0 Å². The summed E-state index contributed by atoms with van der Waals surface area (Å²) >= 11 is 0. The maximum absolute atomic E-state index is 12.5. The Balaban J connectivity index is 2.84. The first-order valence-electron chi connectivity index (χ1n) is 9.81. The van der Waals surface area contributed by atoms with Crippen molar-refractivity contribution in [2.75, 3.05) is 0 Å². The zero-order valence-corrected chi connectivity index (χ0v) is 18.4.